The highest BCUT2D eigenvalue weighted by Gasteiger charge is 2.33. The largest absolute Gasteiger partial charge is 0.480 e. The number of aliphatic carboxylic acids is 1. The van der Waals surface area contributed by atoms with Crippen LogP contribution in [0.4, 0.5) is 4.39 Å². The van der Waals surface area contributed by atoms with E-state index in [0.29, 0.717) is 18.7 Å². The quantitative estimate of drug-likeness (QED) is 0.926. The molecule has 0 unspecified atom stereocenters. The highest BCUT2D eigenvalue weighted by Crippen LogP contribution is 2.19. The van der Waals surface area contributed by atoms with Crippen LogP contribution in [0.15, 0.2) is 30.5 Å². The molecule has 1 N–H and O–H groups in total. The molecular formula is C15H15FN4O3. The number of carboxylic acid groups (broad SMARTS) is 1. The lowest BCUT2D eigenvalue weighted by Crippen LogP contribution is -2.48. The van der Waals surface area contributed by atoms with Crippen LogP contribution in [0.5, 0.6) is 0 Å². The van der Waals surface area contributed by atoms with Gasteiger partial charge in [0.15, 0.2) is 5.69 Å². The van der Waals surface area contributed by atoms with Crippen molar-refractivity contribution in [1.29, 1.82) is 0 Å². The number of likely N-dealkylation sites (tertiary alicyclic amines) is 1. The van der Waals surface area contributed by atoms with E-state index < -0.39 is 17.9 Å². The van der Waals surface area contributed by atoms with Gasteiger partial charge in [-0.1, -0.05) is 5.21 Å². The van der Waals surface area contributed by atoms with E-state index in [1.54, 1.807) is 0 Å². The first-order chi connectivity index (χ1) is 11.1. The van der Waals surface area contributed by atoms with Gasteiger partial charge in [-0.3, -0.25) is 4.79 Å². The Balaban J connectivity index is 1.83. The number of rotatable bonds is 3. The van der Waals surface area contributed by atoms with Crippen LogP contribution in [0.25, 0.3) is 5.69 Å². The summed E-state index contributed by atoms with van der Waals surface area (Å²) in [5, 5.41) is 16.9. The van der Waals surface area contributed by atoms with Gasteiger partial charge in [-0.2, -0.15) is 0 Å². The van der Waals surface area contributed by atoms with Crippen molar-refractivity contribution in [3.63, 3.8) is 0 Å². The lowest BCUT2D eigenvalue weighted by Gasteiger charge is -2.32. The highest BCUT2D eigenvalue weighted by atomic mass is 19.1. The number of benzene rings is 1. The summed E-state index contributed by atoms with van der Waals surface area (Å²) in [5.74, 6) is -1.84. The summed E-state index contributed by atoms with van der Waals surface area (Å²) in [5.41, 5.74) is 0.633. The number of hydrogen-bond donors (Lipinski definition) is 1. The average Bonchev–Trinajstić information content (AvgIpc) is 3.04. The van der Waals surface area contributed by atoms with Crippen molar-refractivity contribution in [2.24, 2.45) is 0 Å². The molecule has 0 radical (unpaired) electrons. The van der Waals surface area contributed by atoms with Crippen molar-refractivity contribution < 1.29 is 19.1 Å². The number of aromatic nitrogens is 3. The summed E-state index contributed by atoms with van der Waals surface area (Å²) < 4.78 is 14.3. The summed E-state index contributed by atoms with van der Waals surface area (Å²) >= 11 is 0. The molecule has 1 amide bonds. The standard InChI is InChI=1S/C15H15FN4O3/c16-10-4-6-11(7-5-10)20-9-12(17-18-20)14(21)19-8-2-1-3-13(19)15(22)23/h4-7,9,13H,1-3,8H2,(H,22,23)/t13-/m1/s1. The smallest absolute Gasteiger partial charge is 0.326 e. The van der Waals surface area contributed by atoms with E-state index in [4.69, 9.17) is 0 Å². The maximum Gasteiger partial charge on any atom is 0.326 e. The zero-order chi connectivity index (χ0) is 16.4. The normalized spacial score (nSPS) is 18.0. The second-order valence-corrected chi connectivity index (χ2v) is 5.37. The topological polar surface area (TPSA) is 88.3 Å². The molecule has 1 fully saturated rings. The molecule has 2 heterocycles. The first kappa shape index (κ1) is 15.1. The third-order valence-electron chi connectivity index (χ3n) is 3.85. The summed E-state index contributed by atoms with van der Waals surface area (Å²) in [6, 6.07) is 4.76. The number of halogens is 1. The molecule has 0 saturated carbocycles. The lowest BCUT2D eigenvalue weighted by atomic mass is 10.0. The minimum atomic E-state index is -1.01. The zero-order valence-electron chi connectivity index (χ0n) is 12.2. The second kappa shape index (κ2) is 6.15. The van der Waals surface area contributed by atoms with Gasteiger partial charge in [-0.25, -0.2) is 13.9 Å². The molecule has 7 nitrogen and oxygen atoms in total. The molecule has 0 bridgehead atoms. The molecule has 2 aromatic rings. The van der Waals surface area contributed by atoms with Crippen LogP contribution in [-0.4, -0.2) is 49.5 Å². The first-order valence-corrected chi connectivity index (χ1v) is 7.28. The SMILES string of the molecule is O=C(O)[C@H]1CCCCN1C(=O)c1cn(-c2ccc(F)cc2)nn1. The molecule has 1 saturated heterocycles. The van der Waals surface area contributed by atoms with Crippen molar-refractivity contribution in [1.82, 2.24) is 19.9 Å². The van der Waals surface area contributed by atoms with Gasteiger partial charge in [0, 0.05) is 6.54 Å². The van der Waals surface area contributed by atoms with Crippen LogP contribution in [0.1, 0.15) is 29.8 Å². The van der Waals surface area contributed by atoms with Crippen molar-refractivity contribution in [3.05, 3.63) is 42.0 Å². The van der Waals surface area contributed by atoms with E-state index in [0.717, 1.165) is 12.8 Å². The predicted octanol–water partition coefficient (Wildman–Crippen LogP) is 1.49. The van der Waals surface area contributed by atoms with E-state index >= 15 is 0 Å². The van der Waals surface area contributed by atoms with Crippen molar-refractivity contribution in [2.75, 3.05) is 6.54 Å². The van der Waals surface area contributed by atoms with Crippen molar-refractivity contribution in [3.8, 4) is 5.69 Å². The summed E-state index contributed by atoms with van der Waals surface area (Å²) in [6.07, 6.45) is 3.40. The van der Waals surface area contributed by atoms with E-state index in [1.165, 1.54) is 40.0 Å². The van der Waals surface area contributed by atoms with E-state index in [-0.39, 0.29) is 11.5 Å². The lowest BCUT2D eigenvalue weighted by molar-refractivity contribution is -0.143. The van der Waals surface area contributed by atoms with Crippen LogP contribution in [0.3, 0.4) is 0 Å². The minimum Gasteiger partial charge on any atom is -0.480 e. The number of carboxylic acids is 1. The van der Waals surface area contributed by atoms with Crippen LogP contribution in [0.2, 0.25) is 0 Å². The van der Waals surface area contributed by atoms with E-state index in [1.807, 2.05) is 0 Å². The van der Waals surface area contributed by atoms with E-state index in [9.17, 15) is 19.1 Å². The van der Waals surface area contributed by atoms with Crippen molar-refractivity contribution in [2.45, 2.75) is 25.3 Å². The molecule has 0 aliphatic carbocycles. The molecule has 1 aromatic carbocycles. The summed E-state index contributed by atoms with van der Waals surface area (Å²) in [4.78, 5) is 25.1. The predicted molar refractivity (Wildman–Crippen MR) is 77.6 cm³/mol. The molecule has 8 heteroatoms. The maximum absolute atomic E-state index is 12.9. The van der Waals surface area contributed by atoms with Gasteiger partial charge in [-0.05, 0) is 43.5 Å². The van der Waals surface area contributed by atoms with Crippen LogP contribution in [0, 0.1) is 5.82 Å². The summed E-state index contributed by atoms with van der Waals surface area (Å²) in [6.45, 7) is 0.388. The Labute approximate surface area is 131 Å². The fraction of sp³-hybridized carbons (Fsp3) is 0.333. The van der Waals surface area contributed by atoms with Crippen molar-refractivity contribution >= 4 is 11.9 Å². The molecule has 1 aliphatic heterocycles. The second-order valence-electron chi connectivity index (χ2n) is 5.37. The molecule has 1 atom stereocenters. The third-order valence-corrected chi connectivity index (χ3v) is 3.85. The average molecular weight is 318 g/mol. The Kier molecular flexibility index (Phi) is 4.05. The molecular weight excluding hydrogens is 303 g/mol. The fourth-order valence-electron chi connectivity index (χ4n) is 2.66. The molecule has 120 valence electrons. The molecule has 0 spiro atoms. The van der Waals surface area contributed by atoms with Gasteiger partial charge >= 0.3 is 5.97 Å². The number of nitrogens with zero attached hydrogens (tertiary/aromatic N) is 4. The Morgan fingerprint density at radius 2 is 1.96 bits per heavy atom. The number of amides is 1. The maximum atomic E-state index is 12.9. The van der Waals surface area contributed by atoms with Crippen LogP contribution < -0.4 is 0 Å². The number of piperidine rings is 1. The molecule has 3 rings (SSSR count). The zero-order valence-corrected chi connectivity index (χ0v) is 12.2. The number of carbonyl (C=O) groups excluding carboxylic acids is 1. The Hall–Kier alpha value is -2.77. The Morgan fingerprint density at radius 1 is 1.22 bits per heavy atom. The third kappa shape index (κ3) is 3.05. The molecule has 1 aliphatic rings. The van der Waals surface area contributed by atoms with Gasteiger partial charge in [0.25, 0.3) is 5.91 Å². The van der Waals surface area contributed by atoms with Gasteiger partial charge in [0.2, 0.25) is 0 Å². The Bertz CT molecular complexity index is 729. The highest BCUT2D eigenvalue weighted by molar-refractivity contribution is 5.94. The fourth-order valence-corrected chi connectivity index (χ4v) is 2.66. The van der Waals surface area contributed by atoms with Crippen LogP contribution in [-0.2, 0) is 4.79 Å². The first-order valence-electron chi connectivity index (χ1n) is 7.28. The van der Waals surface area contributed by atoms with Gasteiger partial charge < -0.3 is 10.0 Å². The number of carbonyl (C=O) groups is 2. The monoisotopic (exact) mass is 318 g/mol. The van der Waals surface area contributed by atoms with Gasteiger partial charge in [0.05, 0.1) is 11.9 Å². The van der Waals surface area contributed by atoms with Crippen LogP contribution >= 0.6 is 0 Å². The summed E-state index contributed by atoms with van der Waals surface area (Å²) in [7, 11) is 0. The van der Waals surface area contributed by atoms with Gasteiger partial charge in [-0.15, -0.1) is 5.10 Å². The molecule has 1 aromatic heterocycles. The van der Waals surface area contributed by atoms with Gasteiger partial charge in [0.1, 0.15) is 11.9 Å². The van der Waals surface area contributed by atoms with E-state index in [2.05, 4.69) is 10.3 Å². The number of hydrogen-bond acceptors (Lipinski definition) is 4. The minimum absolute atomic E-state index is 0.0717. The molecule has 23 heavy (non-hydrogen) atoms. The Morgan fingerprint density at radius 3 is 2.65 bits per heavy atom.